The number of aliphatic hydroxyl groups excluding tert-OH is 1. The highest BCUT2D eigenvalue weighted by atomic mass is 35.5. The van der Waals surface area contributed by atoms with Crippen LogP contribution in [0.25, 0.3) is 11.3 Å². The van der Waals surface area contributed by atoms with Crippen LogP contribution in [0.2, 0.25) is 5.02 Å². The largest absolute Gasteiger partial charge is 0.465 e. The molecule has 0 bridgehead atoms. The minimum absolute atomic E-state index is 0.127. The summed E-state index contributed by atoms with van der Waals surface area (Å²) in [6.07, 6.45) is 0.855. The first-order valence-electron chi connectivity index (χ1n) is 10.6. The Morgan fingerprint density at radius 1 is 1.22 bits per heavy atom. The fraction of sp³-hybridized carbons (Fsp3) is 0.320. The number of hydrogen-bond donors (Lipinski definition) is 2. The van der Waals surface area contributed by atoms with Gasteiger partial charge < -0.3 is 24.5 Å². The molecule has 0 aliphatic heterocycles. The molecular weight excluding hydrogens is 428 g/mol. The number of carbonyl (C=O) groups excluding carboxylic acids is 1. The molecule has 2 aromatic carbocycles. The Hall–Kier alpha value is -2.80. The summed E-state index contributed by atoms with van der Waals surface area (Å²) in [5.41, 5.74) is 3.01. The maximum atomic E-state index is 12.0. The number of rotatable bonds is 10. The maximum Gasteiger partial charge on any atom is 0.341 e. The van der Waals surface area contributed by atoms with Gasteiger partial charge in [-0.2, -0.15) is 0 Å². The molecule has 2 N–H and O–H groups in total. The second-order valence-corrected chi connectivity index (χ2v) is 8.06. The molecule has 0 saturated carbocycles. The van der Waals surface area contributed by atoms with Crippen LogP contribution in [0.3, 0.4) is 0 Å². The molecule has 0 fully saturated rings. The van der Waals surface area contributed by atoms with Crippen LogP contribution in [0.1, 0.15) is 35.9 Å². The number of carbonyl (C=O) groups is 1. The van der Waals surface area contributed by atoms with Crippen LogP contribution in [-0.2, 0) is 4.74 Å². The Kier molecular flexibility index (Phi) is 8.33. The molecule has 0 saturated heterocycles. The summed E-state index contributed by atoms with van der Waals surface area (Å²) in [7, 11) is 1.35. The highest BCUT2D eigenvalue weighted by Gasteiger charge is 2.18. The van der Waals surface area contributed by atoms with Crippen LogP contribution in [0.15, 0.2) is 65.3 Å². The van der Waals surface area contributed by atoms with Crippen molar-refractivity contribution in [2.45, 2.75) is 26.0 Å². The molecule has 1 aromatic heterocycles. The Labute approximate surface area is 193 Å². The molecule has 2 atom stereocenters. The van der Waals surface area contributed by atoms with Gasteiger partial charge in [-0.05, 0) is 49.7 Å². The van der Waals surface area contributed by atoms with E-state index in [-0.39, 0.29) is 6.04 Å². The number of hydrogen-bond acceptors (Lipinski definition) is 6. The quantitative estimate of drug-likeness (QED) is 0.421. The fourth-order valence-electron chi connectivity index (χ4n) is 3.60. The summed E-state index contributed by atoms with van der Waals surface area (Å²) in [5.74, 6) is 0.0631. The summed E-state index contributed by atoms with van der Waals surface area (Å²) < 4.78 is 10.4. The average Bonchev–Trinajstić information content (AvgIpc) is 3.30. The van der Waals surface area contributed by atoms with Crippen LogP contribution in [0.4, 0.5) is 5.69 Å². The minimum Gasteiger partial charge on any atom is -0.465 e. The summed E-state index contributed by atoms with van der Waals surface area (Å²) in [5, 5.41) is 14.5. The third-order valence-electron chi connectivity index (χ3n) is 5.31. The number of methoxy groups -OCH3 is 1. The van der Waals surface area contributed by atoms with Crippen LogP contribution in [-0.4, -0.2) is 43.9 Å². The molecule has 0 radical (unpaired) electrons. The van der Waals surface area contributed by atoms with Crippen molar-refractivity contribution < 1.29 is 19.1 Å². The van der Waals surface area contributed by atoms with Gasteiger partial charge in [-0.1, -0.05) is 35.9 Å². The summed E-state index contributed by atoms with van der Waals surface area (Å²) in [6.45, 7) is 6.14. The van der Waals surface area contributed by atoms with E-state index in [2.05, 4.69) is 24.1 Å². The van der Waals surface area contributed by atoms with Crippen molar-refractivity contribution in [3.63, 3.8) is 0 Å². The van der Waals surface area contributed by atoms with Gasteiger partial charge in [0.25, 0.3) is 0 Å². The monoisotopic (exact) mass is 456 g/mol. The van der Waals surface area contributed by atoms with E-state index in [0.29, 0.717) is 22.9 Å². The second-order valence-electron chi connectivity index (χ2n) is 7.62. The zero-order valence-corrected chi connectivity index (χ0v) is 19.3. The molecular formula is C25H29ClN2O4. The predicted octanol–water partition coefficient (Wildman–Crippen LogP) is 4.92. The highest BCUT2D eigenvalue weighted by Crippen LogP contribution is 2.29. The average molecular weight is 457 g/mol. The van der Waals surface area contributed by atoms with E-state index in [0.717, 1.165) is 29.9 Å². The number of halogens is 1. The lowest BCUT2D eigenvalue weighted by molar-refractivity contribution is 0.0601. The topological polar surface area (TPSA) is 74.9 Å². The maximum absolute atomic E-state index is 12.0. The molecule has 32 heavy (non-hydrogen) atoms. The molecule has 6 nitrogen and oxygen atoms in total. The molecule has 0 unspecified atom stereocenters. The predicted molar refractivity (Wildman–Crippen MR) is 127 cm³/mol. The Balaban J connectivity index is 1.66. The van der Waals surface area contributed by atoms with E-state index < -0.39 is 12.1 Å². The highest BCUT2D eigenvalue weighted by molar-refractivity contribution is 6.30. The Bertz CT molecular complexity index is 1040. The molecule has 7 heteroatoms. The number of benzene rings is 2. The van der Waals surface area contributed by atoms with Gasteiger partial charge in [0.15, 0.2) is 0 Å². The SMILES string of the molecule is CCN(C[C@@H](C)NC[C@H](O)c1cccc(Cl)c1)c1cccc(-c2occc2C(=O)OC)c1. The van der Waals surface area contributed by atoms with Crippen molar-refractivity contribution >= 4 is 23.3 Å². The number of anilines is 1. The Morgan fingerprint density at radius 2 is 2.00 bits per heavy atom. The van der Waals surface area contributed by atoms with E-state index in [1.54, 1.807) is 18.2 Å². The van der Waals surface area contributed by atoms with Crippen LogP contribution < -0.4 is 10.2 Å². The number of nitrogens with one attached hydrogen (secondary N) is 1. The van der Waals surface area contributed by atoms with Crippen LogP contribution >= 0.6 is 11.6 Å². The Morgan fingerprint density at radius 3 is 2.72 bits per heavy atom. The van der Waals surface area contributed by atoms with Gasteiger partial charge in [0, 0.05) is 41.9 Å². The second kappa shape index (κ2) is 11.2. The zero-order chi connectivity index (χ0) is 23.1. The van der Waals surface area contributed by atoms with Gasteiger partial charge in [0.05, 0.1) is 19.5 Å². The molecule has 0 aliphatic carbocycles. The van der Waals surface area contributed by atoms with Gasteiger partial charge in [-0.3, -0.25) is 0 Å². The number of nitrogens with zero attached hydrogens (tertiary/aromatic N) is 1. The molecule has 0 spiro atoms. The summed E-state index contributed by atoms with van der Waals surface area (Å²) in [6, 6.07) is 16.9. The van der Waals surface area contributed by atoms with Crippen molar-refractivity contribution in [2.75, 3.05) is 31.6 Å². The zero-order valence-electron chi connectivity index (χ0n) is 18.5. The molecule has 3 aromatic rings. The van der Waals surface area contributed by atoms with Gasteiger partial charge >= 0.3 is 5.97 Å². The first-order chi connectivity index (χ1) is 15.4. The lowest BCUT2D eigenvalue weighted by Gasteiger charge is -2.28. The van der Waals surface area contributed by atoms with Crippen molar-refractivity contribution in [2.24, 2.45) is 0 Å². The standard InChI is InChI=1S/C25H29ClN2O4/c1-4-28(16-17(2)27-15-23(29)18-7-5-9-20(26)13-18)21-10-6-8-19(14-21)24-22(11-12-32-24)25(30)31-3/h5-14,17,23,27,29H,4,15-16H2,1-3H3/t17-,23+/m1/s1. The van der Waals surface area contributed by atoms with Gasteiger partial charge in [-0.15, -0.1) is 0 Å². The smallest absolute Gasteiger partial charge is 0.341 e. The number of aliphatic hydroxyl groups is 1. The van der Waals surface area contributed by atoms with Crippen molar-refractivity contribution in [3.8, 4) is 11.3 Å². The lowest BCUT2D eigenvalue weighted by atomic mass is 10.1. The van der Waals surface area contributed by atoms with Crippen LogP contribution in [0, 0.1) is 0 Å². The number of furan rings is 1. The number of esters is 1. The van der Waals surface area contributed by atoms with E-state index in [4.69, 9.17) is 20.8 Å². The molecule has 0 amide bonds. The summed E-state index contributed by atoms with van der Waals surface area (Å²) in [4.78, 5) is 14.2. The van der Waals surface area contributed by atoms with E-state index >= 15 is 0 Å². The first kappa shape index (κ1) is 23.9. The molecule has 3 rings (SSSR count). The van der Waals surface area contributed by atoms with Crippen LogP contribution in [0.5, 0.6) is 0 Å². The van der Waals surface area contributed by atoms with Crippen molar-refractivity contribution in [1.29, 1.82) is 0 Å². The number of likely N-dealkylation sites (N-methyl/N-ethyl adjacent to an activating group) is 1. The molecule has 1 heterocycles. The third-order valence-corrected chi connectivity index (χ3v) is 5.55. The molecule has 0 aliphatic rings. The minimum atomic E-state index is -0.634. The van der Waals surface area contributed by atoms with E-state index in [1.807, 2.05) is 36.4 Å². The van der Waals surface area contributed by atoms with Crippen molar-refractivity contribution in [3.05, 3.63) is 77.0 Å². The third kappa shape index (κ3) is 5.91. The fourth-order valence-corrected chi connectivity index (χ4v) is 3.80. The van der Waals surface area contributed by atoms with E-state index in [9.17, 15) is 9.90 Å². The van der Waals surface area contributed by atoms with E-state index in [1.165, 1.54) is 13.4 Å². The van der Waals surface area contributed by atoms with Crippen molar-refractivity contribution in [1.82, 2.24) is 5.32 Å². The summed E-state index contributed by atoms with van der Waals surface area (Å²) >= 11 is 6.02. The van der Waals surface area contributed by atoms with Gasteiger partial charge in [-0.25, -0.2) is 4.79 Å². The lowest BCUT2D eigenvalue weighted by Crippen LogP contribution is -2.40. The first-order valence-corrected chi connectivity index (χ1v) is 11.0. The van der Waals surface area contributed by atoms with Gasteiger partial charge in [0.1, 0.15) is 11.3 Å². The molecule has 170 valence electrons. The normalized spacial score (nSPS) is 12.9. The number of ether oxygens (including phenoxy) is 1. The van der Waals surface area contributed by atoms with Gasteiger partial charge in [0.2, 0.25) is 0 Å².